The van der Waals surface area contributed by atoms with Gasteiger partial charge in [0.05, 0.1) is 5.41 Å². The number of nitrogens with two attached hydrogens (primary N) is 1. The smallest absolute Gasteiger partial charge is 0.229 e. The maximum Gasteiger partial charge on any atom is 0.229 e. The highest BCUT2D eigenvalue weighted by atomic mass is 16.2. The van der Waals surface area contributed by atoms with Crippen molar-refractivity contribution in [2.24, 2.45) is 11.1 Å². The molecule has 1 saturated carbocycles. The third kappa shape index (κ3) is 1.92. The lowest BCUT2D eigenvalue weighted by Crippen LogP contribution is -2.48. The first kappa shape index (κ1) is 11.5. The van der Waals surface area contributed by atoms with Gasteiger partial charge < -0.3 is 10.6 Å². The molecule has 0 radical (unpaired) electrons. The molecule has 1 rings (SSSR count). The zero-order valence-corrected chi connectivity index (χ0v) is 9.55. The van der Waals surface area contributed by atoms with E-state index in [4.69, 9.17) is 5.73 Å². The van der Waals surface area contributed by atoms with Gasteiger partial charge in [0.2, 0.25) is 5.91 Å². The molecule has 0 aliphatic heterocycles. The molecule has 2 unspecified atom stereocenters. The van der Waals surface area contributed by atoms with Gasteiger partial charge in [0.1, 0.15) is 0 Å². The number of rotatable bonds is 3. The van der Waals surface area contributed by atoms with Crippen LogP contribution in [0, 0.1) is 5.41 Å². The quantitative estimate of drug-likeness (QED) is 0.744. The number of amides is 1. The first-order valence-electron chi connectivity index (χ1n) is 5.53. The van der Waals surface area contributed by atoms with Gasteiger partial charge in [0.25, 0.3) is 0 Å². The minimum absolute atomic E-state index is 0.0503. The molecular weight excluding hydrogens is 176 g/mol. The molecule has 1 aliphatic carbocycles. The van der Waals surface area contributed by atoms with Crippen molar-refractivity contribution in [1.29, 1.82) is 0 Å². The van der Waals surface area contributed by atoms with Crippen LogP contribution in [-0.2, 0) is 4.79 Å². The Kier molecular flexibility index (Phi) is 3.53. The molecule has 1 aliphatic rings. The summed E-state index contributed by atoms with van der Waals surface area (Å²) in [7, 11) is 1.88. The van der Waals surface area contributed by atoms with E-state index in [1.807, 2.05) is 18.9 Å². The summed E-state index contributed by atoms with van der Waals surface area (Å²) in [6.45, 7) is 4.93. The number of hydrogen-bond acceptors (Lipinski definition) is 2. The Bertz CT molecular complexity index is 217. The molecule has 0 heterocycles. The highest BCUT2D eigenvalue weighted by Crippen LogP contribution is 2.38. The van der Waals surface area contributed by atoms with Gasteiger partial charge in [-0.3, -0.25) is 4.79 Å². The Morgan fingerprint density at radius 2 is 2.29 bits per heavy atom. The summed E-state index contributed by atoms with van der Waals surface area (Å²) in [5.74, 6) is 0.226. The molecule has 2 atom stereocenters. The highest BCUT2D eigenvalue weighted by Gasteiger charge is 2.44. The minimum Gasteiger partial charge on any atom is -0.345 e. The fourth-order valence-electron chi connectivity index (χ4n) is 2.33. The van der Waals surface area contributed by atoms with Gasteiger partial charge in [0.15, 0.2) is 0 Å². The molecule has 82 valence electrons. The van der Waals surface area contributed by atoms with Crippen LogP contribution < -0.4 is 5.73 Å². The van der Waals surface area contributed by atoms with Crippen LogP contribution in [0.5, 0.6) is 0 Å². The van der Waals surface area contributed by atoms with Gasteiger partial charge in [-0.05, 0) is 26.2 Å². The van der Waals surface area contributed by atoms with E-state index in [9.17, 15) is 4.79 Å². The Morgan fingerprint density at radius 1 is 1.64 bits per heavy atom. The van der Waals surface area contributed by atoms with E-state index in [1.54, 1.807) is 0 Å². The molecular formula is C11H22N2O. The number of carbonyl (C=O) groups excluding carboxylic acids is 1. The molecule has 0 aromatic carbocycles. The molecule has 1 amide bonds. The molecule has 0 spiro atoms. The molecule has 3 nitrogen and oxygen atoms in total. The molecule has 0 aromatic heterocycles. The van der Waals surface area contributed by atoms with E-state index in [0.717, 1.165) is 32.2 Å². The second-order valence-electron chi connectivity index (χ2n) is 4.64. The Hall–Kier alpha value is -0.570. The van der Waals surface area contributed by atoms with E-state index in [0.29, 0.717) is 0 Å². The van der Waals surface area contributed by atoms with Gasteiger partial charge in [-0.25, -0.2) is 0 Å². The van der Waals surface area contributed by atoms with E-state index < -0.39 is 0 Å². The van der Waals surface area contributed by atoms with Crippen molar-refractivity contribution in [2.75, 3.05) is 13.6 Å². The Morgan fingerprint density at radius 3 is 2.71 bits per heavy atom. The third-order valence-electron chi connectivity index (χ3n) is 3.42. The van der Waals surface area contributed by atoms with Gasteiger partial charge >= 0.3 is 0 Å². The zero-order valence-electron chi connectivity index (χ0n) is 9.55. The lowest BCUT2D eigenvalue weighted by Gasteiger charge is -2.32. The second-order valence-corrected chi connectivity index (χ2v) is 4.64. The van der Waals surface area contributed by atoms with Crippen LogP contribution in [0.4, 0.5) is 0 Å². The summed E-state index contributed by atoms with van der Waals surface area (Å²) >= 11 is 0. The lowest BCUT2D eigenvalue weighted by atomic mass is 9.83. The summed E-state index contributed by atoms with van der Waals surface area (Å²) in [6, 6.07) is 0.0503. The highest BCUT2D eigenvalue weighted by molar-refractivity contribution is 5.83. The second kappa shape index (κ2) is 4.30. The summed E-state index contributed by atoms with van der Waals surface area (Å²) in [4.78, 5) is 13.9. The fourth-order valence-corrected chi connectivity index (χ4v) is 2.33. The van der Waals surface area contributed by atoms with Gasteiger partial charge in [-0.2, -0.15) is 0 Å². The predicted octanol–water partition coefficient (Wildman–Crippen LogP) is 1.37. The molecule has 0 saturated heterocycles. The minimum atomic E-state index is -0.302. The average Bonchev–Trinajstić information content (AvgIpc) is 2.47. The molecule has 3 heteroatoms. The van der Waals surface area contributed by atoms with Crippen LogP contribution in [0.1, 0.15) is 39.5 Å². The summed E-state index contributed by atoms with van der Waals surface area (Å²) in [5.41, 5.74) is 5.70. The zero-order chi connectivity index (χ0) is 10.8. The van der Waals surface area contributed by atoms with Crippen LogP contribution >= 0.6 is 0 Å². The van der Waals surface area contributed by atoms with E-state index in [-0.39, 0.29) is 17.4 Å². The van der Waals surface area contributed by atoms with Crippen molar-refractivity contribution in [2.45, 2.75) is 45.6 Å². The van der Waals surface area contributed by atoms with E-state index >= 15 is 0 Å². The normalized spacial score (nSPS) is 31.9. The monoisotopic (exact) mass is 198 g/mol. The van der Waals surface area contributed by atoms with Gasteiger partial charge in [0, 0.05) is 19.6 Å². The maximum atomic E-state index is 12.1. The van der Waals surface area contributed by atoms with Gasteiger partial charge in [-0.1, -0.05) is 13.3 Å². The molecule has 2 N–H and O–H groups in total. The van der Waals surface area contributed by atoms with Crippen molar-refractivity contribution in [3.63, 3.8) is 0 Å². The molecule has 0 bridgehead atoms. The van der Waals surface area contributed by atoms with Crippen LogP contribution in [0.15, 0.2) is 0 Å². The lowest BCUT2D eigenvalue weighted by molar-refractivity contribution is -0.140. The molecule has 14 heavy (non-hydrogen) atoms. The summed E-state index contributed by atoms with van der Waals surface area (Å²) in [5, 5.41) is 0. The average molecular weight is 198 g/mol. The van der Waals surface area contributed by atoms with Crippen molar-refractivity contribution in [1.82, 2.24) is 4.90 Å². The fraction of sp³-hybridized carbons (Fsp3) is 0.909. The third-order valence-corrected chi connectivity index (χ3v) is 3.42. The maximum absolute atomic E-state index is 12.1. The topological polar surface area (TPSA) is 46.3 Å². The van der Waals surface area contributed by atoms with Crippen molar-refractivity contribution < 1.29 is 4.79 Å². The van der Waals surface area contributed by atoms with Crippen LogP contribution in [0.3, 0.4) is 0 Å². The van der Waals surface area contributed by atoms with E-state index in [1.165, 1.54) is 0 Å². The largest absolute Gasteiger partial charge is 0.345 e. The van der Waals surface area contributed by atoms with Crippen LogP contribution in [0.2, 0.25) is 0 Å². The first-order valence-corrected chi connectivity index (χ1v) is 5.53. The van der Waals surface area contributed by atoms with Crippen LogP contribution in [0.25, 0.3) is 0 Å². The number of nitrogens with zero attached hydrogens (tertiary/aromatic N) is 1. The number of carbonyl (C=O) groups is 1. The first-order chi connectivity index (χ1) is 6.52. The Labute approximate surface area is 86.6 Å². The van der Waals surface area contributed by atoms with Gasteiger partial charge in [-0.15, -0.1) is 0 Å². The van der Waals surface area contributed by atoms with Crippen LogP contribution in [-0.4, -0.2) is 30.4 Å². The van der Waals surface area contributed by atoms with E-state index in [2.05, 4.69) is 6.92 Å². The standard InChI is InChI=1S/C11H22N2O/c1-4-8-13(3)10(14)11(2)7-5-6-9(11)12/h9H,4-8,12H2,1-3H3. The summed E-state index contributed by atoms with van der Waals surface area (Å²) in [6.07, 6.45) is 4.03. The summed E-state index contributed by atoms with van der Waals surface area (Å²) < 4.78 is 0. The van der Waals surface area contributed by atoms with Crippen molar-refractivity contribution in [3.05, 3.63) is 0 Å². The van der Waals surface area contributed by atoms with Crippen molar-refractivity contribution >= 4 is 5.91 Å². The predicted molar refractivity (Wildman–Crippen MR) is 57.9 cm³/mol. The number of hydrogen-bond donors (Lipinski definition) is 1. The SMILES string of the molecule is CCCN(C)C(=O)C1(C)CCCC1N. The molecule has 1 fully saturated rings. The van der Waals surface area contributed by atoms with Crippen molar-refractivity contribution in [3.8, 4) is 0 Å². The molecule has 0 aromatic rings. The Balaban J connectivity index is 2.67.